The number of rotatable bonds is 6. The first kappa shape index (κ1) is 15.7. The zero-order valence-corrected chi connectivity index (χ0v) is 8.52. The summed E-state index contributed by atoms with van der Waals surface area (Å²) in [6, 6.07) is 0. The number of carbonyl (C=O) groups is 1. The normalized spacial score (nSPS) is 11.4. The lowest BCUT2D eigenvalue weighted by molar-refractivity contribution is 0.0860. The Bertz CT molecular complexity index is 122. The predicted molar refractivity (Wildman–Crippen MR) is 52.5 cm³/mol. The van der Waals surface area contributed by atoms with E-state index in [1.54, 1.807) is 0 Å². The van der Waals surface area contributed by atoms with Crippen LogP contribution in [0.3, 0.4) is 0 Å². The number of carboxylic acid groups (broad SMARTS) is 2. The molecule has 0 saturated carbocycles. The van der Waals surface area contributed by atoms with Crippen LogP contribution in [-0.4, -0.2) is 39.3 Å². The Labute approximate surface area is 84.0 Å². The van der Waals surface area contributed by atoms with Gasteiger partial charge >= 0.3 is 6.16 Å². The minimum atomic E-state index is -1.83. The van der Waals surface area contributed by atoms with Crippen molar-refractivity contribution in [2.24, 2.45) is 0 Å². The molecule has 0 rings (SSSR count). The van der Waals surface area contributed by atoms with Gasteiger partial charge < -0.3 is 20.4 Å². The fourth-order valence-corrected chi connectivity index (χ4v) is 0.898. The van der Waals surface area contributed by atoms with Gasteiger partial charge in [-0.1, -0.05) is 32.6 Å². The third kappa shape index (κ3) is 22.5. The molecule has 0 amide bonds. The van der Waals surface area contributed by atoms with Crippen molar-refractivity contribution in [3.05, 3.63) is 0 Å². The summed E-state index contributed by atoms with van der Waals surface area (Å²) in [6.45, 7) is 2.06. The van der Waals surface area contributed by atoms with Crippen LogP contribution < -0.4 is 0 Å². The van der Waals surface area contributed by atoms with E-state index in [1.165, 1.54) is 19.3 Å². The van der Waals surface area contributed by atoms with Crippen LogP contribution in [0.4, 0.5) is 4.79 Å². The van der Waals surface area contributed by atoms with Gasteiger partial charge in [-0.3, -0.25) is 0 Å². The molecule has 5 nitrogen and oxygen atoms in total. The van der Waals surface area contributed by atoms with Crippen molar-refractivity contribution in [3.63, 3.8) is 0 Å². The standard InChI is InChI=1S/C8H18O2.CH2O3/c1-2-3-4-5-6-8(10)7-9;2-1(3)4/h8-10H,2-7H2,1H3;(H2,2,3,4). The first-order valence-electron chi connectivity index (χ1n) is 4.75. The van der Waals surface area contributed by atoms with Crippen molar-refractivity contribution in [2.45, 2.75) is 45.1 Å². The summed E-state index contributed by atoms with van der Waals surface area (Å²) in [5.41, 5.74) is 0. The van der Waals surface area contributed by atoms with E-state index >= 15 is 0 Å². The molecule has 0 fully saturated rings. The quantitative estimate of drug-likeness (QED) is 0.496. The molecule has 0 aromatic rings. The van der Waals surface area contributed by atoms with E-state index < -0.39 is 12.3 Å². The Balaban J connectivity index is 0. The van der Waals surface area contributed by atoms with Crippen LogP contribution in [0.5, 0.6) is 0 Å². The van der Waals surface area contributed by atoms with Gasteiger partial charge in [-0.2, -0.15) is 0 Å². The predicted octanol–water partition coefficient (Wildman–Crippen LogP) is 1.53. The summed E-state index contributed by atoms with van der Waals surface area (Å²) >= 11 is 0. The van der Waals surface area contributed by atoms with Crippen LogP contribution in [-0.2, 0) is 0 Å². The molecule has 0 aliphatic heterocycles. The Morgan fingerprint density at radius 1 is 1.21 bits per heavy atom. The third-order valence-electron chi connectivity index (χ3n) is 1.60. The third-order valence-corrected chi connectivity index (χ3v) is 1.60. The molecule has 14 heavy (non-hydrogen) atoms. The number of hydrogen-bond donors (Lipinski definition) is 4. The second kappa shape index (κ2) is 12.2. The van der Waals surface area contributed by atoms with Gasteiger partial charge in [0.2, 0.25) is 0 Å². The molecule has 0 aliphatic carbocycles. The van der Waals surface area contributed by atoms with Crippen LogP contribution >= 0.6 is 0 Å². The zero-order valence-electron chi connectivity index (χ0n) is 8.52. The van der Waals surface area contributed by atoms with E-state index in [0.717, 1.165) is 12.8 Å². The Morgan fingerprint density at radius 2 is 1.71 bits per heavy atom. The Hall–Kier alpha value is -0.810. The van der Waals surface area contributed by atoms with E-state index in [-0.39, 0.29) is 6.61 Å². The van der Waals surface area contributed by atoms with Crippen molar-refractivity contribution >= 4 is 6.16 Å². The SMILES string of the molecule is CCCCCCC(O)CO.O=C(O)O. The molecular formula is C9H20O5. The molecular weight excluding hydrogens is 188 g/mol. The fourth-order valence-electron chi connectivity index (χ4n) is 0.898. The smallest absolute Gasteiger partial charge is 0.450 e. The molecule has 0 saturated heterocycles. The largest absolute Gasteiger partial charge is 0.503 e. The first-order valence-corrected chi connectivity index (χ1v) is 4.75. The molecule has 0 aliphatic rings. The molecule has 0 radical (unpaired) electrons. The topological polar surface area (TPSA) is 98.0 Å². The maximum Gasteiger partial charge on any atom is 0.503 e. The Morgan fingerprint density at radius 3 is 2.07 bits per heavy atom. The number of aliphatic hydroxyl groups excluding tert-OH is 2. The summed E-state index contributed by atoms with van der Waals surface area (Å²) in [4.78, 5) is 8.56. The number of unbranched alkanes of at least 4 members (excludes halogenated alkanes) is 3. The van der Waals surface area contributed by atoms with E-state index in [1.807, 2.05) is 0 Å². The molecule has 0 bridgehead atoms. The molecule has 5 heteroatoms. The molecule has 4 N–H and O–H groups in total. The highest BCUT2D eigenvalue weighted by Gasteiger charge is 1.99. The Kier molecular flexibility index (Phi) is 13.6. The van der Waals surface area contributed by atoms with Crippen molar-refractivity contribution in [2.75, 3.05) is 6.61 Å². The van der Waals surface area contributed by atoms with Gasteiger partial charge in [0.1, 0.15) is 0 Å². The van der Waals surface area contributed by atoms with Crippen LogP contribution in [0.25, 0.3) is 0 Å². The molecule has 0 aromatic carbocycles. The molecule has 1 atom stereocenters. The zero-order chi connectivity index (χ0) is 11.4. The van der Waals surface area contributed by atoms with Gasteiger partial charge in [-0.15, -0.1) is 0 Å². The number of aliphatic hydroxyl groups is 2. The monoisotopic (exact) mass is 208 g/mol. The summed E-state index contributed by atoms with van der Waals surface area (Å²) in [5, 5.41) is 31.3. The van der Waals surface area contributed by atoms with Crippen LogP contribution in [0.2, 0.25) is 0 Å². The second-order valence-electron chi connectivity index (χ2n) is 2.97. The second-order valence-corrected chi connectivity index (χ2v) is 2.97. The van der Waals surface area contributed by atoms with Crippen LogP contribution in [0.15, 0.2) is 0 Å². The molecule has 0 heterocycles. The molecule has 0 spiro atoms. The highest BCUT2D eigenvalue weighted by atomic mass is 16.6. The molecule has 0 aromatic heterocycles. The van der Waals surface area contributed by atoms with Gasteiger partial charge in [0.25, 0.3) is 0 Å². The molecule has 1 unspecified atom stereocenters. The van der Waals surface area contributed by atoms with E-state index in [9.17, 15) is 0 Å². The summed E-state index contributed by atoms with van der Waals surface area (Å²) in [7, 11) is 0. The average Bonchev–Trinajstić information content (AvgIpc) is 2.11. The summed E-state index contributed by atoms with van der Waals surface area (Å²) < 4.78 is 0. The van der Waals surface area contributed by atoms with Crippen molar-refractivity contribution < 1.29 is 25.2 Å². The minimum absolute atomic E-state index is 0.0911. The lowest BCUT2D eigenvalue weighted by atomic mass is 10.1. The van der Waals surface area contributed by atoms with Crippen molar-refractivity contribution in [3.8, 4) is 0 Å². The maximum absolute atomic E-state index is 8.91. The highest BCUT2D eigenvalue weighted by Crippen LogP contribution is 2.04. The number of hydrogen-bond acceptors (Lipinski definition) is 3. The lowest BCUT2D eigenvalue weighted by Crippen LogP contribution is -2.10. The summed E-state index contributed by atoms with van der Waals surface area (Å²) in [5.74, 6) is 0. The van der Waals surface area contributed by atoms with Crippen LogP contribution in [0.1, 0.15) is 39.0 Å². The maximum atomic E-state index is 8.91. The van der Waals surface area contributed by atoms with Gasteiger partial charge in [0.15, 0.2) is 0 Å². The average molecular weight is 208 g/mol. The van der Waals surface area contributed by atoms with E-state index in [0.29, 0.717) is 0 Å². The van der Waals surface area contributed by atoms with Gasteiger partial charge in [-0.05, 0) is 6.42 Å². The highest BCUT2D eigenvalue weighted by molar-refractivity contribution is 5.53. The van der Waals surface area contributed by atoms with Crippen molar-refractivity contribution in [1.29, 1.82) is 0 Å². The van der Waals surface area contributed by atoms with Gasteiger partial charge in [-0.25, -0.2) is 4.79 Å². The lowest BCUT2D eigenvalue weighted by Gasteiger charge is -2.04. The minimum Gasteiger partial charge on any atom is -0.450 e. The van der Waals surface area contributed by atoms with E-state index in [4.69, 9.17) is 25.2 Å². The van der Waals surface area contributed by atoms with Gasteiger partial charge in [0, 0.05) is 0 Å². The van der Waals surface area contributed by atoms with Gasteiger partial charge in [0.05, 0.1) is 12.7 Å². The van der Waals surface area contributed by atoms with E-state index in [2.05, 4.69) is 6.92 Å². The van der Waals surface area contributed by atoms with Crippen LogP contribution in [0, 0.1) is 0 Å². The summed E-state index contributed by atoms with van der Waals surface area (Å²) in [6.07, 6.45) is 3.09. The first-order chi connectivity index (χ1) is 6.54. The molecule has 86 valence electrons. The van der Waals surface area contributed by atoms with Crippen molar-refractivity contribution in [1.82, 2.24) is 0 Å². The fraction of sp³-hybridized carbons (Fsp3) is 0.889.